The summed E-state index contributed by atoms with van der Waals surface area (Å²) < 4.78 is 34.7. The van der Waals surface area contributed by atoms with Gasteiger partial charge in [-0.05, 0) is 31.2 Å². The molecule has 1 aliphatic heterocycles. The van der Waals surface area contributed by atoms with Crippen molar-refractivity contribution in [3.05, 3.63) is 48.0 Å². The highest BCUT2D eigenvalue weighted by molar-refractivity contribution is 7.46. The summed E-state index contributed by atoms with van der Waals surface area (Å²) in [4.78, 5) is 16.7. The minimum atomic E-state index is -4.39. The molecule has 0 saturated heterocycles. The first-order valence-corrected chi connectivity index (χ1v) is 8.70. The second-order valence-electron chi connectivity index (χ2n) is 4.93. The predicted octanol–water partition coefficient (Wildman–Crippen LogP) is 3.95. The van der Waals surface area contributed by atoms with E-state index in [-0.39, 0.29) is 5.75 Å². The van der Waals surface area contributed by atoms with Crippen molar-refractivity contribution in [2.45, 2.75) is 6.92 Å². The first-order valence-electron chi connectivity index (χ1n) is 7.17. The molecule has 25 heavy (non-hydrogen) atoms. The van der Waals surface area contributed by atoms with Crippen LogP contribution in [-0.2, 0) is 4.57 Å². The molecular formula is C16H15O8P. The SMILES string of the molecule is CC=C1Oc2c1cc(OC)c1ooc21.O=P(O)(O)Oc1ccccc1. The van der Waals surface area contributed by atoms with Crippen LogP contribution in [0.15, 0.2) is 51.6 Å². The number of para-hydroxylation sites is 1. The van der Waals surface area contributed by atoms with Crippen LogP contribution in [0.4, 0.5) is 0 Å². The summed E-state index contributed by atoms with van der Waals surface area (Å²) in [6, 6.07) is 9.82. The van der Waals surface area contributed by atoms with Crippen molar-refractivity contribution in [1.29, 1.82) is 0 Å². The highest BCUT2D eigenvalue weighted by Gasteiger charge is 2.31. The lowest BCUT2D eigenvalue weighted by molar-refractivity contribution is 0.0538. The van der Waals surface area contributed by atoms with Crippen molar-refractivity contribution < 1.29 is 37.5 Å². The molecule has 0 bridgehead atoms. The molecule has 8 nitrogen and oxygen atoms in total. The summed E-state index contributed by atoms with van der Waals surface area (Å²) in [5.74, 6) is 2.42. The fourth-order valence-electron chi connectivity index (χ4n) is 2.19. The van der Waals surface area contributed by atoms with Crippen molar-refractivity contribution in [3.8, 4) is 17.2 Å². The minimum Gasteiger partial charge on any atom is -0.492 e. The number of rotatable bonds is 3. The maximum Gasteiger partial charge on any atom is 0.524 e. The average molecular weight is 366 g/mol. The fourth-order valence-corrected chi connectivity index (χ4v) is 2.59. The van der Waals surface area contributed by atoms with Crippen LogP contribution in [-0.4, -0.2) is 16.9 Å². The molecule has 2 heterocycles. The lowest BCUT2D eigenvalue weighted by Crippen LogP contribution is -2.10. The van der Waals surface area contributed by atoms with Gasteiger partial charge >= 0.3 is 7.82 Å². The molecule has 4 rings (SSSR count). The number of methoxy groups -OCH3 is 1. The Hall–Kier alpha value is -2.67. The summed E-state index contributed by atoms with van der Waals surface area (Å²) in [6.07, 6.45) is 1.90. The molecule has 2 aromatic carbocycles. The normalized spacial score (nSPS) is 14.2. The molecule has 0 amide bonds. The smallest absolute Gasteiger partial charge is 0.492 e. The Kier molecular flexibility index (Phi) is 4.59. The van der Waals surface area contributed by atoms with Crippen LogP contribution >= 0.6 is 7.82 Å². The largest absolute Gasteiger partial charge is 0.524 e. The van der Waals surface area contributed by atoms with Crippen LogP contribution in [0, 0.1) is 0 Å². The lowest BCUT2D eigenvalue weighted by Gasteiger charge is -2.24. The summed E-state index contributed by atoms with van der Waals surface area (Å²) in [5.41, 5.74) is 2.25. The van der Waals surface area contributed by atoms with Gasteiger partial charge in [0.25, 0.3) is 11.2 Å². The van der Waals surface area contributed by atoms with Gasteiger partial charge in [0.2, 0.25) is 0 Å². The van der Waals surface area contributed by atoms with Gasteiger partial charge in [-0.25, -0.2) is 4.57 Å². The van der Waals surface area contributed by atoms with Crippen molar-refractivity contribution in [2.75, 3.05) is 7.11 Å². The Balaban J connectivity index is 0.000000151. The molecule has 1 aliphatic rings. The number of benzene rings is 2. The molecule has 3 aromatic rings. The van der Waals surface area contributed by atoms with Crippen LogP contribution in [0.25, 0.3) is 16.9 Å². The Morgan fingerprint density at radius 1 is 1.12 bits per heavy atom. The van der Waals surface area contributed by atoms with E-state index < -0.39 is 7.82 Å². The third-order valence-corrected chi connectivity index (χ3v) is 3.74. The maximum atomic E-state index is 10.3. The van der Waals surface area contributed by atoms with Crippen LogP contribution in [0.3, 0.4) is 0 Å². The fraction of sp³-hybridized carbons (Fsp3) is 0.125. The molecule has 0 radical (unpaired) electrons. The van der Waals surface area contributed by atoms with E-state index in [1.165, 1.54) is 12.1 Å². The number of fused-ring (bicyclic) bond motifs is 3. The molecular weight excluding hydrogens is 351 g/mol. The van der Waals surface area contributed by atoms with Gasteiger partial charge in [0.05, 0.1) is 12.7 Å². The number of allylic oxidation sites excluding steroid dienone is 1. The number of ether oxygens (including phenoxy) is 2. The molecule has 0 atom stereocenters. The van der Waals surface area contributed by atoms with Crippen molar-refractivity contribution >= 4 is 24.7 Å². The molecule has 1 aromatic heterocycles. The molecule has 0 saturated carbocycles. The Bertz CT molecular complexity index is 947. The summed E-state index contributed by atoms with van der Waals surface area (Å²) >= 11 is 0. The van der Waals surface area contributed by atoms with Gasteiger partial charge in [0.1, 0.15) is 11.5 Å². The Labute approximate surface area is 142 Å². The van der Waals surface area contributed by atoms with E-state index in [0.29, 0.717) is 16.9 Å². The number of hydrogen-bond donors (Lipinski definition) is 2. The molecule has 132 valence electrons. The summed E-state index contributed by atoms with van der Waals surface area (Å²) in [5, 5.41) is 0. The van der Waals surface area contributed by atoms with E-state index in [1.807, 2.05) is 19.1 Å². The molecule has 0 unspecified atom stereocenters. The molecule has 9 heteroatoms. The quantitative estimate of drug-likeness (QED) is 0.529. The van der Waals surface area contributed by atoms with E-state index in [0.717, 1.165) is 17.1 Å². The molecule has 2 N–H and O–H groups in total. The van der Waals surface area contributed by atoms with E-state index in [9.17, 15) is 4.57 Å². The average Bonchev–Trinajstić information content (AvgIpc) is 2.52. The maximum absolute atomic E-state index is 10.3. The van der Waals surface area contributed by atoms with Gasteiger partial charge in [-0.1, -0.05) is 18.2 Å². The first-order chi connectivity index (χ1) is 11.9. The highest BCUT2D eigenvalue weighted by atomic mass is 31.2. The van der Waals surface area contributed by atoms with Crippen LogP contribution in [0.1, 0.15) is 12.5 Å². The van der Waals surface area contributed by atoms with Gasteiger partial charge in [0, 0.05) is 0 Å². The first kappa shape index (κ1) is 17.2. The van der Waals surface area contributed by atoms with Gasteiger partial charge in [-0.3, -0.25) is 18.9 Å². The lowest BCUT2D eigenvalue weighted by atomic mass is 10.1. The number of phosphoric ester groups is 1. The standard InChI is InChI=1S/C10H8O4.C6H7O4P/c1-3-6-5-4-7(11-2)9-10(14-13-9)8(5)12-6;7-11(8,9)10-6-4-2-1-3-5-6/h3-4H,1-2H3;1-5H,(H2,7,8,9). The molecule has 0 aliphatic carbocycles. The van der Waals surface area contributed by atoms with E-state index >= 15 is 0 Å². The van der Waals surface area contributed by atoms with Gasteiger partial charge in [-0.2, -0.15) is 0 Å². The Morgan fingerprint density at radius 2 is 1.80 bits per heavy atom. The van der Waals surface area contributed by atoms with Crippen molar-refractivity contribution in [2.24, 2.45) is 0 Å². The molecule has 0 fully saturated rings. The predicted molar refractivity (Wildman–Crippen MR) is 88.4 cm³/mol. The second kappa shape index (κ2) is 6.68. The van der Waals surface area contributed by atoms with Gasteiger partial charge in [-0.15, -0.1) is 0 Å². The van der Waals surface area contributed by atoms with E-state index in [2.05, 4.69) is 4.52 Å². The van der Waals surface area contributed by atoms with Crippen molar-refractivity contribution in [3.63, 3.8) is 0 Å². The zero-order valence-corrected chi connectivity index (χ0v) is 14.2. The monoisotopic (exact) mass is 366 g/mol. The van der Waals surface area contributed by atoms with Crippen LogP contribution < -0.4 is 14.0 Å². The van der Waals surface area contributed by atoms with E-state index in [4.69, 9.17) is 28.4 Å². The van der Waals surface area contributed by atoms with Gasteiger partial charge in [0.15, 0.2) is 11.5 Å². The Morgan fingerprint density at radius 3 is 2.32 bits per heavy atom. The molecule has 0 spiro atoms. The minimum absolute atomic E-state index is 0.167. The summed E-state index contributed by atoms with van der Waals surface area (Å²) in [6.45, 7) is 1.92. The highest BCUT2D eigenvalue weighted by Crippen LogP contribution is 2.48. The zero-order chi connectivity index (χ0) is 18.0. The number of hydrogen-bond acceptors (Lipinski definition) is 6. The summed E-state index contributed by atoms with van der Waals surface area (Å²) in [7, 11) is -2.79. The topological polar surface area (TPSA) is 112 Å². The van der Waals surface area contributed by atoms with E-state index in [1.54, 1.807) is 25.3 Å². The zero-order valence-electron chi connectivity index (χ0n) is 13.3. The third kappa shape index (κ3) is 3.56. The van der Waals surface area contributed by atoms with Gasteiger partial charge < -0.3 is 14.0 Å². The van der Waals surface area contributed by atoms with Crippen molar-refractivity contribution in [1.82, 2.24) is 0 Å². The van der Waals surface area contributed by atoms with Crippen LogP contribution in [0.5, 0.6) is 17.2 Å². The second-order valence-corrected chi connectivity index (χ2v) is 6.09. The third-order valence-electron chi connectivity index (χ3n) is 3.29. The number of phosphoric acid groups is 1. The van der Waals surface area contributed by atoms with Crippen LogP contribution in [0.2, 0.25) is 0 Å².